The summed E-state index contributed by atoms with van der Waals surface area (Å²) in [5.41, 5.74) is -0.687. The molecular weight excluding hydrogens is 705 g/mol. The first-order valence-electron chi connectivity index (χ1n) is 17.9. The SMILES string of the molecule is C=CC(=O)N1CC/C=C\[C@@H]2C[C@@]2(C(=O)NS(=O)(=O)C2CC2)NC(=O)[C@@H]2C[C@@H]3CN2C(=O)[C@H](C1)NC(=O)OCCC/C=C/c1ccc2ccnc(c2c1)O3. The van der Waals surface area contributed by atoms with Gasteiger partial charge in [0, 0.05) is 30.5 Å². The Labute approximate surface area is 306 Å². The number of carbonyl (C=O) groups is 5. The lowest BCUT2D eigenvalue weighted by Gasteiger charge is -2.32. The first-order valence-corrected chi connectivity index (χ1v) is 19.4. The molecule has 3 fully saturated rings. The van der Waals surface area contributed by atoms with E-state index in [4.69, 9.17) is 9.47 Å². The van der Waals surface area contributed by atoms with E-state index >= 15 is 0 Å². The lowest BCUT2D eigenvalue weighted by molar-refractivity contribution is -0.142. The summed E-state index contributed by atoms with van der Waals surface area (Å²) in [5, 5.41) is 6.38. The van der Waals surface area contributed by atoms with E-state index in [1.165, 1.54) is 9.80 Å². The highest BCUT2D eigenvalue weighted by molar-refractivity contribution is 7.91. The number of hydrogen-bond acceptors (Lipinski definition) is 10. The van der Waals surface area contributed by atoms with Crippen LogP contribution in [0.4, 0.5) is 4.79 Å². The van der Waals surface area contributed by atoms with E-state index in [-0.39, 0.29) is 39.1 Å². The van der Waals surface area contributed by atoms with Crippen molar-refractivity contribution in [3.05, 3.63) is 66.9 Å². The van der Waals surface area contributed by atoms with Crippen LogP contribution >= 0.6 is 0 Å². The average molecular weight is 747 g/mol. The quantitative estimate of drug-likeness (QED) is 0.308. The number of allylic oxidation sites excluding steroid dienone is 1. The summed E-state index contributed by atoms with van der Waals surface area (Å²) in [4.78, 5) is 75.9. The summed E-state index contributed by atoms with van der Waals surface area (Å²) in [7, 11) is -3.94. The predicted molar refractivity (Wildman–Crippen MR) is 192 cm³/mol. The van der Waals surface area contributed by atoms with Crippen molar-refractivity contribution in [2.75, 3.05) is 26.2 Å². The van der Waals surface area contributed by atoms with Crippen molar-refractivity contribution >= 4 is 56.6 Å². The van der Waals surface area contributed by atoms with Crippen LogP contribution in [0.5, 0.6) is 5.88 Å². The molecule has 2 saturated carbocycles. The van der Waals surface area contributed by atoms with Gasteiger partial charge >= 0.3 is 6.09 Å². The van der Waals surface area contributed by atoms with Gasteiger partial charge in [0.2, 0.25) is 33.6 Å². The maximum Gasteiger partial charge on any atom is 0.407 e. The van der Waals surface area contributed by atoms with Gasteiger partial charge < -0.3 is 29.9 Å². The molecule has 7 rings (SSSR count). The van der Waals surface area contributed by atoms with E-state index in [0.29, 0.717) is 38.0 Å². The van der Waals surface area contributed by atoms with E-state index < -0.39 is 74.6 Å². The number of hydrogen-bond donors (Lipinski definition) is 3. The minimum absolute atomic E-state index is 0.0136. The van der Waals surface area contributed by atoms with Gasteiger partial charge in [-0.2, -0.15) is 0 Å². The summed E-state index contributed by atoms with van der Waals surface area (Å²) in [6, 6.07) is 5.15. The highest BCUT2D eigenvalue weighted by Gasteiger charge is 2.62. The molecule has 5 atom stereocenters. The summed E-state index contributed by atoms with van der Waals surface area (Å²) in [5.74, 6) is -2.94. The zero-order valence-corrected chi connectivity index (χ0v) is 29.9. The second-order valence-electron chi connectivity index (χ2n) is 14.1. The van der Waals surface area contributed by atoms with Crippen molar-refractivity contribution in [1.82, 2.24) is 30.1 Å². The molecule has 15 nitrogen and oxygen atoms in total. The highest BCUT2D eigenvalue weighted by Crippen LogP contribution is 2.46. The van der Waals surface area contributed by atoms with Gasteiger partial charge in [-0.15, -0.1) is 0 Å². The molecule has 5 amide bonds. The monoisotopic (exact) mass is 746 g/mol. The van der Waals surface area contributed by atoms with Crippen molar-refractivity contribution < 1.29 is 41.9 Å². The molecule has 53 heavy (non-hydrogen) atoms. The van der Waals surface area contributed by atoms with Crippen LogP contribution in [0.1, 0.15) is 50.5 Å². The Bertz CT molecular complexity index is 2010. The fraction of sp³-hybridized carbons (Fsp3) is 0.459. The Kier molecular flexibility index (Phi) is 9.98. The van der Waals surface area contributed by atoms with Crippen LogP contribution in [0.25, 0.3) is 16.8 Å². The Balaban J connectivity index is 1.27. The third kappa shape index (κ3) is 7.77. The van der Waals surface area contributed by atoms with Crippen molar-refractivity contribution in [3.63, 3.8) is 0 Å². The predicted octanol–water partition coefficient (Wildman–Crippen LogP) is 1.94. The number of ether oxygens (including phenoxy) is 2. The van der Waals surface area contributed by atoms with Gasteiger partial charge in [0.1, 0.15) is 23.7 Å². The third-order valence-corrected chi connectivity index (χ3v) is 12.1. The van der Waals surface area contributed by atoms with Crippen molar-refractivity contribution in [2.24, 2.45) is 5.92 Å². The lowest BCUT2D eigenvalue weighted by Crippen LogP contribution is -2.60. The highest BCUT2D eigenvalue weighted by atomic mass is 32.2. The second-order valence-corrected chi connectivity index (χ2v) is 16.1. The van der Waals surface area contributed by atoms with Crippen LogP contribution in [-0.4, -0.2) is 108 Å². The van der Waals surface area contributed by atoms with Gasteiger partial charge in [-0.1, -0.05) is 43.0 Å². The Morgan fingerprint density at radius 1 is 1.09 bits per heavy atom. The minimum Gasteiger partial charge on any atom is -0.472 e. The first-order chi connectivity index (χ1) is 25.5. The van der Waals surface area contributed by atoms with Gasteiger partial charge in [-0.05, 0) is 67.7 Å². The molecule has 0 radical (unpaired) electrons. The first kappa shape index (κ1) is 36.1. The number of rotatable bonds is 4. The Hall–Kier alpha value is -5.25. The molecule has 4 heterocycles. The average Bonchev–Trinajstić information content (AvgIpc) is 4.06. The van der Waals surface area contributed by atoms with Gasteiger partial charge in [-0.25, -0.2) is 18.2 Å². The smallest absolute Gasteiger partial charge is 0.407 e. The van der Waals surface area contributed by atoms with Crippen molar-refractivity contribution in [1.29, 1.82) is 0 Å². The van der Waals surface area contributed by atoms with Crippen LogP contribution in [0.3, 0.4) is 0 Å². The maximum absolute atomic E-state index is 14.6. The molecule has 3 aliphatic heterocycles. The number of amides is 5. The molecule has 1 aromatic heterocycles. The number of carbonyl (C=O) groups excluding carboxylic acids is 5. The largest absolute Gasteiger partial charge is 0.472 e. The van der Waals surface area contributed by atoms with Gasteiger partial charge in [0.05, 0.1) is 24.9 Å². The zero-order valence-electron chi connectivity index (χ0n) is 29.1. The molecule has 0 unspecified atom stereocenters. The number of fused-ring (bicyclic) bond motifs is 4. The Morgan fingerprint density at radius 3 is 2.72 bits per heavy atom. The van der Waals surface area contributed by atoms with Gasteiger partial charge in [0.25, 0.3) is 5.91 Å². The molecule has 2 aromatic rings. The third-order valence-electron chi connectivity index (χ3n) is 10.3. The van der Waals surface area contributed by atoms with Crippen LogP contribution in [-0.2, 0) is 33.9 Å². The summed E-state index contributed by atoms with van der Waals surface area (Å²) in [6.07, 6.45) is 10.9. The van der Waals surface area contributed by atoms with E-state index in [1.54, 1.807) is 18.3 Å². The number of pyridine rings is 1. The number of alkyl carbamates (subject to hydrolysis) is 1. The van der Waals surface area contributed by atoms with Crippen LogP contribution < -0.4 is 20.1 Å². The van der Waals surface area contributed by atoms with E-state index in [0.717, 1.165) is 22.4 Å². The molecule has 3 N–H and O–H groups in total. The second kappa shape index (κ2) is 14.6. The van der Waals surface area contributed by atoms with E-state index in [2.05, 4.69) is 26.9 Å². The van der Waals surface area contributed by atoms with Crippen molar-refractivity contribution in [3.8, 4) is 5.88 Å². The van der Waals surface area contributed by atoms with Gasteiger partial charge in [0.15, 0.2) is 0 Å². The van der Waals surface area contributed by atoms with Crippen molar-refractivity contribution in [2.45, 2.75) is 73.9 Å². The maximum atomic E-state index is 14.6. The summed E-state index contributed by atoms with van der Waals surface area (Å²) < 4.78 is 39.7. The molecule has 5 aliphatic rings. The summed E-state index contributed by atoms with van der Waals surface area (Å²) >= 11 is 0. The minimum atomic E-state index is -3.94. The normalized spacial score (nSPS) is 29.2. The number of nitrogens with zero attached hydrogens (tertiary/aromatic N) is 3. The summed E-state index contributed by atoms with van der Waals surface area (Å²) in [6.45, 7) is 3.45. The molecule has 1 aromatic carbocycles. The van der Waals surface area contributed by atoms with Crippen LogP contribution in [0, 0.1) is 5.92 Å². The molecule has 5 bridgehead atoms. The molecular formula is C37H42N6O9S. The van der Waals surface area contributed by atoms with Crippen LogP contribution in [0.2, 0.25) is 0 Å². The topological polar surface area (TPSA) is 193 Å². The fourth-order valence-corrected chi connectivity index (χ4v) is 8.51. The standard InChI is InChI=1S/C37H42N6O9S/c1-2-31(44)42-16-6-5-9-25-20-37(25,35(47)41-53(49,50)27-12-13-27)40-32(45)30-19-26-21-43(30)34(46)29(22-42)39-36(48)51-17-7-3-4-8-23-10-11-24-14-15-38-33(52-26)28(24)18-23/h2,4-5,8-11,14-15,18,25-27,29-30H,1,3,6-7,12-13,16-17,19-22H2,(H,39,48)(H,40,45)(H,41,47)/b8-4+,9-5-/t25-,26-,29+,30+,37-/m1/s1. The van der Waals surface area contributed by atoms with Gasteiger partial charge in [-0.3, -0.25) is 23.9 Å². The number of nitrogens with one attached hydrogen (secondary N) is 3. The van der Waals surface area contributed by atoms with Crippen LogP contribution in [0.15, 0.2) is 61.3 Å². The number of benzene rings is 1. The molecule has 1 saturated heterocycles. The molecule has 2 aliphatic carbocycles. The van der Waals surface area contributed by atoms with E-state index in [1.807, 2.05) is 36.4 Å². The number of aromatic nitrogens is 1. The Morgan fingerprint density at radius 2 is 1.92 bits per heavy atom. The van der Waals surface area contributed by atoms with E-state index in [9.17, 15) is 32.4 Å². The number of sulfonamides is 1. The molecule has 16 heteroatoms. The zero-order chi connectivity index (χ0) is 37.3. The molecule has 0 spiro atoms. The lowest BCUT2D eigenvalue weighted by atomic mass is 10.1. The number of cyclic esters (lactones) is 1. The molecule has 280 valence electrons. The fourth-order valence-electron chi connectivity index (χ4n) is 7.14.